The lowest BCUT2D eigenvalue weighted by molar-refractivity contribution is 0.0204. The highest BCUT2D eigenvalue weighted by Gasteiger charge is 2.32. The minimum Gasteiger partial charge on any atom is -0.493 e. The summed E-state index contributed by atoms with van der Waals surface area (Å²) in [5.41, 5.74) is 2.02. The molecule has 206 valence electrons. The first-order valence-electron chi connectivity index (χ1n) is 12.9. The van der Waals surface area contributed by atoms with E-state index in [-0.39, 0.29) is 40.7 Å². The first-order valence-corrected chi connectivity index (χ1v) is 12.9. The van der Waals surface area contributed by atoms with Gasteiger partial charge in [0.05, 0.1) is 16.7 Å². The number of piperidine rings is 1. The molecule has 39 heavy (non-hydrogen) atoms. The van der Waals surface area contributed by atoms with Gasteiger partial charge in [-0.15, -0.1) is 0 Å². The lowest BCUT2D eigenvalue weighted by Gasteiger charge is -2.33. The van der Waals surface area contributed by atoms with E-state index < -0.39 is 17.2 Å². The van der Waals surface area contributed by atoms with E-state index in [9.17, 15) is 23.1 Å². The zero-order valence-electron chi connectivity index (χ0n) is 22.0. The van der Waals surface area contributed by atoms with Gasteiger partial charge in [-0.2, -0.15) is 9.78 Å². The second-order valence-electron chi connectivity index (χ2n) is 10.8. The predicted molar refractivity (Wildman–Crippen MR) is 138 cm³/mol. The number of carbonyl (C=O) groups excluding carboxylic acids is 1. The summed E-state index contributed by atoms with van der Waals surface area (Å²) >= 11 is 0. The van der Waals surface area contributed by atoms with Crippen molar-refractivity contribution < 1.29 is 27.8 Å². The Labute approximate surface area is 223 Å². The standard InChI is InChI=1S/C28H30F3N5O3/c1-28(2,3)39-27(38)35-12-10-17(11-13-35)24-19(9-6-16-4-7-18(29)8-5-16)25(37)36(34-24)26-32-22-14-20(30)21(31)15-23(22)33-26/h4-5,7-8,14-15,17,37H,6,9-13H2,1-3H3,(H,32,33). The van der Waals surface area contributed by atoms with Crippen molar-refractivity contribution in [3.8, 4) is 11.8 Å². The van der Waals surface area contributed by atoms with E-state index in [1.165, 1.54) is 16.8 Å². The number of halogens is 3. The average molecular weight is 542 g/mol. The quantitative estimate of drug-likeness (QED) is 0.334. The summed E-state index contributed by atoms with van der Waals surface area (Å²) in [4.78, 5) is 21.4. The molecule has 0 radical (unpaired) electrons. The highest BCUT2D eigenvalue weighted by Crippen LogP contribution is 2.36. The fourth-order valence-corrected chi connectivity index (χ4v) is 4.85. The number of aromatic amines is 1. The number of aryl methyl sites for hydroxylation is 1. The normalized spacial score (nSPS) is 14.8. The Hall–Kier alpha value is -4.02. The molecular formula is C28H30F3N5O3. The van der Waals surface area contributed by atoms with Gasteiger partial charge in [-0.05, 0) is 64.2 Å². The molecule has 0 saturated carbocycles. The van der Waals surface area contributed by atoms with Crippen LogP contribution in [0.4, 0.5) is 18.0 Å². The van der Waals surface area contributed by atoms with Gasteiger partial charge in [0.1, 0.15) is 11.4 Å². The fraction of sp³-hybridized carbons (Fsp3) is 0.393. The molecule has 1 aliphatic rings. The van der Waals surface area contributed by atoms with E-state index in [0.717, 1.165) is 17.7 Å². The number of hydrogen-bond donors (Lipinski definition) is 2. The van der Waals surface area contributed by atoms with Gasteiger partial charge in [0.2, 0.25) is 11.8 Å². The van der Waals surface area contributed by atoms with E-state index in [1.54, 1.807) is 17.0 Å². The Kier molecular flexibility index (Phi) is 7.00. The summed E-state index contributed by atoms with van der Waals surface area (Å²) in [7, 11) is 0. The largest absolute Gasteiger partial charge is 0.493 e. The smallest absolute Gasteiger partial charge is 0.410 e. The van der Waals surface area contributed by atoms with Crippen LogP contribution in [0.5, 0.6) is 5.88 Å². The lowest BCUT2D eigenvalue weighted by Crippen LogP contribution is -2.41. The van der Waals surface area contributed by atoms with E-state index >= 15 is 0 Å². The van der Waals surface area contributed by atoms with Crippen LogP contribution in [-0.4, -0.2) is 54.5 Å². The SMILES string of the molecule is CC(C)(C)OC(=O)N1CCC(c2nn(-c3nc4cc(F)c(F)cc4[nH]3)c(O)c2CCc2ccc(F)cc2)CC1. The zero-order chi connectivity index (χ0) is 27.9. The van der Waals surface area contributed by atoms with Gasteiger partial charge in [0.15, 0.2) is 11.6 Å². The van der Waals surface area contributed by atoms with Crippen molar-refractivity contribution in [2.75, 3.05) is 13.1 Å². The second-order valence-corrected chi connectivity index (χ2v) is 10.8. The molecule has 5 rings (SSSR count). The molecule has 2 aromatic carbocycles. The molecule has 0 unspecified atom stereocenters. The molecule has 4 aromatic rings. The van der Waals surface area contributed by atoms with E-state index in [1.807, 2.05) is 20.8 Å². The minimum absolute atomic E-state index is 0.0571. The maximum absolute atomic E-state index is 13.8. The number of hydrogen-bond acceptors (Lipinski definition) is 5. The van der Waals surface area contributed by atoms with Gasteiger partial charge < -0.3 is 19.7 Å². The van der Waals surface area contributed by atoms with Crippen LogP contribution in [-0.2, 0) is 17.6 Å². The van der Waals surface area contributed by atoms with Crippen molar-refractivity contribution in [2.45, 2.75) is 58.0 Å². The molecule has 3 heterocycles. The van der Waals surface area contributed by atoms with Crippen LogP contribution < -0.4 is 0 Å². The summed E-state index contributed by atoms with van der Waals surface area (Å²) in [5, 5.41) is 16.0. The topological polar surface area (TPSA) is 96.3 Å². The molecule has 1 aliphatic heterocycles. The number of aromatic hydroxyl groups is 1. The number of ether oxygens (including phenoxy) is 1. The van der Waals surface area contributed by atoms with Crippen molar-refractivity contribution in [2.24, 2.45) is 0 Å². The van der Waals surface area contributed by atoms with Gasteiger partial charge in [-0.1, -0.05) is 12.1 Å². The van der Waals surface area contributed by atoms with Gasteiger partial charge in [-0.3, -0.25) is 0 Å². The summed E-state index contributed by atoms with van der Waals surface area (Å²) in [6.07, 6.45) is 1.79. The Balaban J connectivity index is 1.44. The summed E-state index contributed by atoms with van der Waals surface area (Å²) in [6, 6.07) is 8.14. The Morgan fingerprint density at radius 3 is 2.41 bits per heavy atom. The third kappa shape index (κ3) is 5.71. The number of fused-ring (bicyclic) bond motifs is 1. The molecule has 2 aromatic heterocycles. The number of carbonyl (C=O) groups is 1. The number of likely N-dealkylation sites (tertiary alicyclic amines) is 1. The molecule has 0 atom stereocenters. The highest BCUT2D eigenvalue weighted by atomic mass is 19.2. The van der Waals surface area contributed by atoms with Crippen LogP contribution in [0.15, 0.2) is 36.4 Å². The first kappa shape index (κ1) is 26.6. The minimum atomic E-state index is -1.03. The van der Waals surface area contributed by atoms with Crippen molar-refractivity contribution in [3.05, 3.63) is 70.7 Å². The van der Waals surface area contributed by atoms with Crippen molar-refractivity contribution in [1.29, 1.82) is 0 Å². The Morgan fingerprint density at radius 1 is 1.08 bits per heavy atom. The number of benzene rings is 2. The van der Waals surface area contributed by atoms with Gasteiger partial charge >= 0.3 is 6.09 Å². The number of nitrogens with zero attached hydrogens (tertiary/aromatic N) is 4. The van der Waals surface area contributed by atoms with E-state index in [4.69, 9.17) is 9.84 Å². The van der Waals surface area contributed by atoms with Gasteiger partial charge in [0.25, 0.3) is 0 Å². The molecule has 0 spiro atoms. The number of rotatable bonds is 5. The third-order valence-electron chi connectivity index (χ3n) is 6.81. The van der Waals surface area contributed by atoms with Crippen LogP contribution in [0, 0.1) is 17.5 Å². The monoisotopic (exact) mass is 541 g/mol. The second kappa shape index (κ2) is 10.3. The van der Waals surface area contributed by atoms with Gasteiger partial charge in [0, 0.05) is 36.7 Å². The lowest BCUT2D eigenvalue weighted by atomic mass is 9.90. The molecule has 0 aliphatic carbocycles. The molecule has 11 heteroatoms. The van der Waals surface area contributed by atoms with Crippen molar-refractivity contribution in [1.82, 2.24) is 24.6 Å². The van der Waals surface area contributed by atoms with Crippen LogP contribution in [0.2, 0.25) is 0 Å². The molecule has 8 nitrogen and oxygen atoms in total. The first-order chi connectivity index (χ1) is 18.5. The third-order valence-corrected chi connectivity index (χ3v) is 6.81. The summed E-state index contributed by atoms with van der Waals surface area (Å²) in [6.45, 7) is 6.39. The number of H-pyrrole nitrogens is 1. The molecule has 2 N–H and O–H groups in total. The molecule has 1 fully saturated rings. The van der Waals surface area contributed by atoms with Crippen LogP contribution in [0.25, 0.3) is 17.0 Å². The molecule has 1 amide bonds. The maximum atomic E-state index is 13.8. The van der Waals surface area contributed by atoms with E-state index in [2.05, 4.69) is 9.97 Å². The molecule has 0 bridgehead atoms. The average Bonchev–Trinajstić information content (AvgIpc) is 3.43. The molecular weight excluding hydrogens is 511 g/mol. The number of nitrogens with one attached hydrogen (secondary N) is 1. The number of amides is 1. The van der Waals surface area contributed by atoms with Crippen molar-refractivity contribution in [3.63, 3.8) is 0 Å². The summed E-state index contributed by atoms with van der Waals surface area (Å²) in [5.74, 6) is -2.44. The maximum Gasteiger partial charge on any atom is 0.410 e. The fourth-order valence-electron chi connectivity index (χ4n) is 4.85. The highest BCUT2D eigenvalue weighted by molar-refractivity contribution is 5.76. The predicted octanol–water partition coefficient (Wildman–Crippen LogP) is 5.77. The number of aromatic nitrogens is 4. The molecule has 1 saturated heterocycles. The Morgan fingerprint density at radius 2 is 1.74 bits per heavy atom. The van der Waals surface area contributed by atoms with Crippen LogP contribution in [0.3, 0.4) is 0 Å². The number of imidazole rings is 1. The Bertz CT molecular complexity index is 1460. The van der Waals surface area contributed by atoms with Gasteiger partial charge in [-0.25, -0.2) is 22.9 Å². The van der Waals surface area contributed by atoms with Crippen molar-refractivity contribution >= 4 is 17.1 Å². The zero-order valence-corrected chi connectivity index (χ0v) is 22.0. The summed E-state index contributed by atoms with van der Waals surface area (Å²) < 4.78 is 47.6. The van der Waals surface area contributed by atoms with E-state index in [0.29, 0.717) is 50.0 Å². The van der Waals surface area contributed by atoms with Crippen LogP contribution >= 0.6 is 0 Å². The van der Waals surface area contributed by atoms with Crippen LogP contribution in [0.1, 0.15) is 56.4 Å².